The zero-order valence-corrected chi connectivity index (χ0v) is 10.7. The van der Waals surface area contributed by atoms with E-state index in [1.54, 1.807) is 0 Å². The van der Waals surface area contributed by atoms with E-state index in [-0.39, 0.29) is 12.7 Å². The molecule has 0 aliphatic carbocycles. The Hall–Kier alpha value is -0.160. The molecule has 0 bridgehead atoms. The first kappa shape index (κ1) is 15.8. The monoisotopic (exact) mass is 234 g/mol. The largest absolute Gasteiger partial charge is 0.394 e. The second-order valence-electron chi connectivity index (χ2n) is 3.91. The van der Waals surface area contributed by atoms with Gasteiger partial charge in [-0.15, -0.1) is 0 Å². The standard InChI is InChI=1S/C12H26O4/c1-4-11(12(14,5-2)6-3)16-10-9-15-8-7-13/h11,13-14H,4-10H2,1-3H3. The van der Waals surface area contributed by atoms with Gasteiger partial charge in [0, 0.05) is 0 Å². The van der Waals surface area contributed by atoms with E-state index >= 15 is 0 Å². The molecule has 0 amide bonds. The van der Waals surface area contributed by atoms with Gasteiger partial charge in [0.2, 0.25) is 0 Å². The van der Waals surface area contributed by atoms with Crippen LogP contribution in [0.15, 0.2) is 0 Å². The fraction of sp³-hybridized carbons (Fsp3) is 1.00. The highest BCUT2D eigenvalue weighted by Gasteiger charge is 2.32. The van der Waals surface area contributed by atoms with Crippen LogP contribution >= 0.6 is 0 Å². The second kappa shape index (κ2) is 8.93. The third-order valence-electron chi connectivity index (χ3n) is 2.98. The summed E-state index contributed by atoms with van der Waals surface area (Å²) in [6.45, 7) is 7.24. The van der Waals surface area contributed by atoms with E-state index in [4.69, 9.17) is 14.6 Å². The van der Waals surface area contributed by atoms with Gasteiger partial charge < -0.3 is 19.7 Å². The van der Waals surface area contributed by atoms with Gasteiger partial charge in [-0.1, -0.05) is 20.8 Å². The van der Waals surface area contributed by atoms with Crippen LogP contribution in [0, 0.1) is 0 Å². The number of aliphatic hydroxyl groups is 2. The molecule has 16 heavy (non-hydrogen) atoms. The topological polar surface area (TPSA) is 58.9 Å². The Morgan fingerprint density at radius 1 is 1.06 bits per heavy atom. The van der Waals surface area contributed by atoms with Gasteiger partial charge >= 0.3 is 0 Å². The van der Waals surface area contributed by atoms with Crippen molar-refractivity contribution in [1.82, 2.24) is 0 Å². The van der Waals surface area contributed by atoms with Crippen LogP contribution in [0.4, 0.5) is 0 Å². The summed E-state index contributed by atoms with van der Waals surface area (Å²) in [6.07, 6.45) is 2.04. The van der Waals surface area contributed by atoms with Crippen LogP contribution in [0.2, 0.25) is 0 Å². The molecule has 4 heteroatoms. The normalized spacial score (nSPS) is 14.1. The quantitative estimate of drug-likeness (QED) is 0.560. The predicted molar refractivity (Wildman–Crippen MR) is 63.5 cm³/mol. The molecule has 0 aromatic carbocycles. The lowest BCUT2D eigenvalue weighted by Gasteiger charge is -2.34. The Bertz CT molecular complexity index is 157. The summed E-state index contributed by atoms with van der Waals surface area (Å²) in [5.74, 6) is 0. The highest BCUT2D eigenvalue weighted by molar-refractivity contribution is 4.84. The number of hydrogen-bond acceptors (Lipinski definition) is 4. The van der Waals surface area contributed by atoms with Crippen LogP contribution in [-0.2, 0) is 9.47 Å². The van der Waals surface area contributed by atoms with Crippen molar-refractivity contribution in [3.8, 4) is 0 Å². The summed E-state index contributed by atoms with van der Waals surface area (Å²) in [5.41, 5.74) is -0.730. The number of rotatable bonds is 10. The van der Waals surface area contributed by atoms with Crippen LogP contribution in [0.1, 0.15) is 40.0 Å². The van der Waals surface area contributed by atoms with Gasteiger partial charge in [-0.25, -0.2) is 0 Å². The summed E-state index contributed by atoms with van der Waals surface area (Å²) in [6, 6.07) is 0. The van der Waals surface area contributed by atoms with Crippen molar-refractivity contribution in [2.75, 3.05) is 26.4 Å². The minimum absolute atomic E-state index is 0.0328. The third-order valence-corrected chi connectivity index (χ3v) is 2.98. The van der Waals surface area contributed by atoms with Gasteiger partial charge in [-0.05, 0) is 19.3 Å². The number of aliphatic hydroxyl groups excluding tert-OH is 1. The molecule has 0 saturated carbocycles. The molecule has 0 heterocycles. The van der Waals surface area contributed by atoms with E-state index in [9.17, 15) is 5.11 Å². The van der Waals surface area contributed by atoms with Crippen molar-refractivity contribution in [3.05, 3.63) is 0 Å². The van der Waals surface area contributed by atoms with Gasteiger partial charge in [0.15, 0.2) is 0 Å². The van der Waals surface area contributed by atoms with E-state index in [0.717, 1.165) is 6.42 Å². The highest BCUT2D eigenvalue weighted by Crippen LogP contribution is 2.24. The van der Waals surface area contributed by atoms with E-state index < -0.39 is 5.60 Å². The first-order valence-corrected chi connectivity index (χ1v) is 6.17. The smallest absolute Gasteiger partial charge is 0.0902 e. The summed E-state index contributed by atoms with van der Waals surface area (Å²) >= 11 is 0. The minimum Gasteiger partial charge on any atom is -0.394 e. The maximum absolute atomic E-state index is 10.3. The molecule has 0 fully saturated rings. The van der Waals surface area contributed by atoms with Crippen LogP contribution < -0.4 is 0 Å². The summed E-state index contributed by atoms with van der Waals surface area (Å²) in [7, 11) is 0. The molecular weight excluding hydrogens is 208 g/mol. The lowest BCUT2D eigenvalue weighted by atomic mass is 9.89. The number of hydrogen-bond donors (Lipinski definition) is 2. The molecule has 0 rings (SSSR count). The van der Waals surface area contributed by atoms with Crippen molar-refractivity contribution >= 4 is 0 Å². The van der Waals surface area contributed by atoms with Crippen molar-refractivity contribution in [3.63, 3.8) is 0 Å². The molecule has 0 aliphatic heterocycles. The molecule has 98 valence electrons. The van der Waals surface area contributed by atoms with Crippen LogP contribution in [0.5, 0.6) is 0 Å². The molecule has 0 aromatic heterocycles. The molecule has 0 spiro atoms. The van der Waals surface area contributed by atoms with E-state index in [2.05, 4.69) is 0 Å². The van der Waals surface area contributed by atoms with E-state index in [1.165, 1.54) is 0 Å². The number of ether oxygens (including phenoxy) is 2. The maximum atomic E-state index is 10.3. The van der Waals surface area contributed by atoms with Crippen molar-refractivity contribution in [1.29, 1.82) is 0 Å². The molecule has 4 nitrogen and oxygen atoms in total. The third kappa shape index (κ3) is 5.25. The van der Waals surface area contributed by atoms with Gasteiger partial charge in [0.25, 0.3) is 0 Å². The van der Waals surface area contributed by atoms with Gasteiger partial charge in [-0.2, -0.15) is 0 Å². The highest BCUT2D eigenvalue weighted by atomic mass is 16.5. The first-order valence-electron chi connectivity index (χ1n) is 6.17. The van der Waals surface area contributed by atoms with Gasteiger partial charge in [0.1, 0.15) is 0 Å². The molecule has 0 saturated heterocycles. The van der Waals surface area contributed by atoms with E-state index in [1.807, 2.05) is 20.8 Å². The Labute approximate surface area is 98.6 Å². The summed E-state index contributed by atoms with van der Waals surface area (Å²) < 4.78 is 10.7. The summed E-state index contributed by atoms with van der Waals surface area (Å²) in [5, 5.41) is 18.8. The first-order chi connectivity index (χ1) is 7.64. The molecule has 1 atom stereocenters. The zero-order chi connectivity index (χ0) is 12.4. The van der Waals surface area contributed by atoms with Crippen molar-refractivity contribution in [2.24, 2.45) is 0 Å². The molecular formula is C12H26O4. The lowest BCUT2D eigenvalue weighted by Crippen LogP contribution is -2.43. The second-order valence-corrected chi connectivity index (χ2v) is 3.91. The van der Waals surface area contributed by atoms with Crippen molar-refractivity contribution < 1.29 is 19.7 Å². The molecule has 0 aromatic rings. The Balaban J connectivity index is 3.90. The average molecular weight is 234 g/mol. The average Bonchev–Trinajstić information content (AvgIpc) is 2.33. The SMILES string of the molecule is CCC(OCCOCCO)C(O)(CC)CC. The molecule has 0 aliphatic rings. The molecule has 0 radical (unpaired) electrons. The maximum Gasteiger partial charge on any atom is 0.0902 e. The Morgan fingerprint density at radius 3 is 2.12 bits per heavy atom. The minimum atomic E-state index is -0.730. The fourth-order valence-electron chi connectivity index (χ4n) is 1.77. The van der Waals surface area contributed by atoms with Gasteiger partial charge in [-0.3, -0.25) is 0 Å². The van der Waals surface area contributed by atoms with Crippen LogP contribution in [-0.4, -0.2) is 48.3 Å². The predicted octanol–water partition coefficient (Wildman–Crippen LogP) is 1.34. The van der Waals surface area contributed by atoms with Crippen LogP contribution in [0.3, 0.4) is 0 Å². The van der Waals surface area contributed by atoms with Crippen molar-refractivity contribution in [2.45, 2.75) is 51.7 Å². The summed E-state index contributed by atoms with van der Waals surface area (Å²) in [4.78, 5) is 0. The van der Waals surface area contributed by atoms with Gasteiger partial charge in [0.05, 0.1) is 38.1 Å². The lowest BCUT2D eigenvalue weighted by molar-refractivity contribution is -0.123. The fourth-order valence-corrected chi connectivity index (χ4v) is 1.77. The van der Waals surface area contributed by atoms with E-state index in [0.29, 0.717) is 32.7 Å². The Morgan fingerprint density at radius 2 is 1.69 bits per heavy atom. The molecule has 2 N–H and O–H groups in total. The molecule has 1 unspecified atom stereocenters. The van der Waals surface area contributed by atoms with Crippen LogP contribution in [0.25, 0.3) is 0 Å². The Kier molecular flexibility index (Phi) is 8.84. The zero-order valence-electron chi connectivity index (χ0n) is 10.7.